The van der Waals surface area contributed by atoms with Gasteiger partial charge in [0.15, 0.2) is 0 Å². The van der Waals surface area contributed by atoms with Gasteiger partial charge in [0.05, 0.1) is 0 Å². The molecule has 6 heteroatoms. The molecule has 1 amide bonds. The van der Waals surface area contributed by atoms with E-state index >= 15 is 0 Å². The molecule has 1 saturated carbocycles. The van der Waals surface area contributed by atoms with E-state index in [0.29, 0.717) is 11.7 Å². The Morgan fingerprint density at radius 1 is 1.00 bits per heavy atom. The zero-order valence-corrected chi connectivity index (χ0v) is 21.1. The van der Waals surface area contributed by atoms with Crippen LogP contribution in [0.25, 0.3) is 0 Å². The van der Waals surface area contributed by atoms with Gasteiger partial charge >= 0.3 is 12.1 Å². The predicted molar refractivity (Wildman–Crippen MR) is 141 cm³/mol. The fourth-order valence-electron chi connectivity index (χ4n) is 6.03. The number of nitrogens with one attached hydrogen (secondary N) is 1. The number of carbonyl (C=O) groups excluding carboxylic acids is 2. The Labute approximate surface area is 217 Å². The second-order valence-electron chi connectivity index (χ2n) is 10.4. The van der Waals surface area contributed by atoms with E-state index in [9.17, 15) is 14.7 Å². The van der Waals surface area contributed by atoms with Crippen LogP contribution in [0.1, 0.15) is 66.1 Å². The van der Waals surface area contributed by atoms with Crippen molar-refractivity contribution in [2.45, 2.75) is 63.5 Å². The largest absolute Gasteiger partial charge is 0.507 e. The SMILES string of the molecule is C[C@@]12CCCCC[C@@H](Cc3ccc(OC(=O)c4ccccc4O)cc31)[C@@H]2NC(=O)OCc1ccccc1. The summed E-state index contributed by atoms with van der Waals surface area (Å²) in [6.07, 6.45) is 5.76. The van der Waals surface area contributed by atoms with E-state index in [1.54, 1.807) is 12.1 Å². The molecule has 0 unspecified atom stereocenters. The summed E-state index contributed by atoms with van der Waals surface area (Å²) < 4.78 is 11.3. The van der Waals surface area contributed by atoms with Crippen LogP contribution in [0.15, 0.2) is 72.8 Å². The second kappa shape index (κ2) is 10.7. The zero-order chi connectivity index (χ0) is 25.8. The van der Waals surface area contributed by atoms with Crippen LogP contribution in [0.3, 0.4) is 0 Å². The van der Waals surface area contributed by atoms with Crippen LogP contribution in [0.4, 0.5) is 4.79 Å². The number of hydrogen-bond donors (Lipinski definition) is 2. The van der Waals surface area contributed by atoms with Crippen LogP contribution in [0.2, 0.25) is 0 Å². The Morgan fingerprint density at radius 3 is 2.59 bits per heavy atom. The first-order chi connectivity index (χ1) is 17.9. The van der Waals surface area contributed by atoms with Crippen LogP contribution in [-0.4, -0.2) is 23.2 Å². The smallest absolute Gasteiger partial charge is 0.407 e. The van der Waals surface area contributed by atoms with Crippen molar-refractivity contribution in [1.82, 2.24) is 5.32 Å². The molecule has 3 atom stereocenters. The van der Waals surface area contributed by atoms with Gasteiger partial charge in [0.2, 0.25) is 0 Å². The maximum atomic E-state index is 12.9. The molecule has 0 radical (unpaired) electrons. The first-order valence-corrected chi connectivity index (χ1v) is 13.0. The number of phenolic OH excluding ortho intramolecular Hbond substituents is 1. The van der Waals surface area contributed by atoms with Gasteiger partial charge in [-0.25, -0.2) is 9.59 Å². The summed E-state index contributed by atoms with van der Waals surface area (Å²) >= 11 is 0. The molecule has 0 aliphatic heterocycles. The Morgan fingerprint density at radius 2 is 1.78 bits per heavy atom. The van der Waals surface area contributed by atoms with Gasteiger partial charge in [-0.3, -0.25) is 0 Å². The van der Waals surface area contributed by atoms with Crippen molar-refractivity contribution in [3.63, 3.8) is 0 Å². The summed E-state index contributed by atoms with van der Waals surface area (Å²) in [6, 6.07) is 21.7. The third-order valence-electron chi connectivity index (χ3n) is 7.93. The molecule has 2 aliphatic rings. The summed E-state index contributed by atoms with van der Waals surface area (Å²) in [5, 5.41) is 13.3. The number of alkyl carbamates (subject to hydrolysis) is 1. The van der Waals surface area contributed by atoms with Gasteiger partial charge in [0.25, 0.3) is 0 Å². The minimum absolute atomic E-state index is 0.0901. The molecule has 37 heavy (non-hydrogen) atoms. The molecule has 1 fully saturated rings. The van der Waals surface area contributed by atoms with Gasteiger partial charge in [-0.05, 0) is 66.1 Å². The number of fused-ring (bicyclic) bond motifs is 4. The fraction of sp³-hybridized carbons (Fsp3) is 0.355. The number of aromatic hydroxyl groups is 1. The molecular formula is C31H33NO5. The molecule has 2 N–H and O–H groups in total. The van der Waals surface area contributed by atoms with Gasteiger partial charge in [-0.1, -0.05) is 74.7 Å². The van der Waals surface area contributed by atoms with Crippen LogP contribution >= 0.6 is 0 Å². The highest BCUT2D eigenvalue weighted by atomic mass is 16.5. The highest BCUT2D eigenvalue weighted by Gasteiger charge is 2.47. The Bertz CT molecular complexity index is 1270. The lowest BCUT2D eigenvalue weighted by atomic mass is 9.59. The van der Waals surface area contributed by atoms with E-state index in [1.165, 1.54) is 17.7 Å². The lowest BCUT2D eigenvalue weighted by molar-refractivity contribution is 0.0730. The van der Waals surface area contributed by atoms with Crippen LogP contribution in [-0.2, 0) is 23.2 Å². The third-order valence-corrected chi connectivity index (χ3v) is 7.93. The highest BCUT2D eigenvalue weighted by Crippen LogP contribution is 2.47. The lowest BCUT2D eigenvalue weighted by Gasteiger charge is -2.49. The van der Waals surface area contributed by atoms with Crippen molar-refractivity contribution in [3.05, 3.63) is 95.1 Å². The zero-order valence-electron chi connectivity index (χ0n) is 21.1. The van der Waals surface area contributed by atoms with Crippen molar-refractivity contribution >= 4 is 12.1 Å². The summed E-state index contributed by atoms with van der Waals surface area (Å²) in [5.41, 5.74) is 3.07. The van der Waals surface area contributed by atoms with Gasteiger partial charge in [0.1, 0.15) is 23.7 Å². The summed E-state index contributed by atoms with van der Waals surface area (Å²) in [7, 11) is 0. The quantitative estimate of drug-likeness (QED) is 0.318. The number of para-hydroxylation sites is 1. The van der Waals surface area contributed by atoms with Gasteiger partial charge in [-0.2, -0.15) is 0 Å². The van der Waals surface area contributed by atoms with Gasteiger partial charge < -0.3 is 19.9 Å². The van der Waals surface area contributed by atoms with E-state index in [0.717, 1.165) is 49.7 Å². The van der Waals surface area contributed by atoms with Crippen LogP contribution in [0.5, 0.6) is 11.5 Å². The van der Waals surface area contributed by atoms with Crippen LogP contribution < -0.4 is 10.1 Å². The second-order valence-corrected chi connectivity index (χ2v) is 10.4. The molecule has 192 valence electrons. The molecular weight excluding hydrogens is 466 g/mol. The van der Waals surface area contributed by atoms with Gasteiger partial charge in [-0.15, -0.1) is 0 Å². The summed E-state index contributed by atoms with van der Waals surface area (Å²) in [4.78, 5) is 25.7. The molecule has 6 nitrogen and oxygen atoms in total. The molecule has 3 aromatic rings. The summed E-state index contributed by atoms with van der Waals surface area (Å²) in [5.74, 6) is 0.0168. The first-order valence-electron chi connectivity index (χ1n) is 13.0. The maximum absolute atomic E-state index is 12.9. The minimum atomic E-state index is -0.603. The monoisotopic (exact) mass is 499 g/mol. The van der Waals surface area contributed by atoms with E-state index in [1.807, 2.05) is 48.5 Å². The molecule has 0 saturated heterocycles. The predicted octanol–water partition coefficient (Wildman–Crippen LogP) is 6.30. The normalized spacial score (nSPS) is 22.6. The Balaban J connectivity index is 1.39. The molecule has 3 aromatic carbocycles. The number of rotatable bonds is 5. The van der Waals surface area contributed by atoms with Crippen molar-refractivity contribution in [1.29, 1.82) is 0 Å². The average Bonchev–Trinajstić information content (AvgIpc) is 2.90. The number of ether oxygens (including phenoxy) is 2. The first kappa shape index (κ1) is 24.9. The number of phenols is 1. The van der Waals surface area contributed by atoms with Crippen molar-refractivity contribution in [2.24, 2.45) is 5.92 Å². The van der Waals surface area contributed by atoms with Crippen molar-refractivity contribution in [3.8, 4) is 11.5 Å². The number of benzene rings is 3. The minimum Gasteiger partial charge on any atom is -0.507 e. The number of amides is 1. The third kappa shape index (κ3) is 5.33. The highest BCUT2D eigenvalue weighted by molar-refractivity contribution is 5.93. The van der Waals surface area contributed by atoms with E-state index in [2.05, 4.69) is 12.2 Å². The van der Waals surface area contributed by atoms with E-state index in [-0.39, 0.29) is 29.4 Å². The Hall–Kier alpha value is -3.80. The lowest BCUT2D eigenvalue weighted by Crippen LogP contribution is -2.57. The van der Waals surface area contributed by atoms with Crippen molar-refractivity contribution < 1.29 is 24.2 Å². The maximum Gasteiger partial charge on any atom is 0.407 e. The van der Waals surface area contributed by atoms with Crippen LogP contribution in [0, 0.1) is 5.92 Å². The van der Waals surface area contributed by atoms with Gasteiger partial charge in [0, 0.05) is 11.5 Å². The van der Waals surface area contributed by atoms with Crippen molar-refractivity contribution in [2.75, 3.05) is 0 Å². The number of esters is 1. The Kier molecular flexibility index (Phi) is 7.17. The molecule has 2 aliphatic carbocycles. The van der Waals surface area contributed by atoms with E-state index in [4.69, 9.17) is 9.47 Å². The molecule has 0 spiro atoms. The topological polar surface area (TPSA) is 84.9 Å². The number of hydrogen-bond acceptors (Lipinski definition) is 5. The average molecular weight is 500 g/mol. The number of carbonyl (C=O) groups is 2. The van der Waals surface area contributed by atoms with E-state index < -0.39 is 12.1 Å². The molecule has 0 aromatic heterocycles. The standard InChI is InChI=1S/C31H33NO5/c1-31-17-9-3-6-12-23(28(31)32-30(35)36-20-21-10-4-2-5-11-21)18-22-15-16-24(19-26(22)31)37-29(34)25-13-7-8-14-27(25)33/h2,4-5,7-8,10-11,13-16,19,23,28,33H,3,6,9,12,17-18,20H2,1H3,(H,32,35)/t23-,28-,31+/m0/s1. The fourth-order valence-corrected chi connectivity index (χ4v) is 6.03. The molecule has 2 bridgehead atoms. The molecule has 5 rings (SSSR count). The molecule has 0 heterocycles. The summed E-state index contributed by atoms with van der Waals surface area (Å²) in [6.45, 7) is 2.43.